The molecule has 3 aliphatic rings. The number of rotatable bonds is 3. The van der Waals surface area contributed by atoms with Crippen molar-refractivity contribution >= 4 is 17.7 Å². The molecular formula is C28H41N3O5. The minimum absolute atomic E-state index is 0.0180. The summed E-state index contributed by atoms with van der Waals surface area (Å²) in [5.41, 5.74) is 2.00. The first-order valence-corrected chi connectivity index (χ1v) is 13.7. The van der Waals surface area contributed by atoms with E-state index in [0.29, 0.717) is 45.7 Å². The van der Waals surface area contributed by atoms with E-state index >= 15 is 0 Å². The normalized spacial score (nSPS) is 23.7. The lowest BCUT2D eigenvalue weighted by Gasteiger charge is -2.41. The van der Waals surface area contributed by atoms with E-state index in [1.165, 1.54) is 17.5 Å². The Balaban J connectivity index is 1.35. The maximum absolute atomic E-state index is 13.4. The van der Waals surface area contributed by atoms with Crippen LogP contribution >= 0.6 is 0 Å². The summed E-state index contributed by atoms with van der Waals surface area (Å²) in [6.07, 6.45) is 8.87. The lowest BCUT2D eigenvalue weighted by molar-refractivity contribution is -0.143. The highest BCUT2D eigenvalue weighted by atomic mass is 16.5. The largest absolute Gasteiger partial charge is 0.483 e. The third-order valence-corrected chi connectivity index (χ3v) is 7.96. The molecule has 2 saturated heterocycles. The topological polar surface area (TPSA) is 97.0 Å². The van der Waals surface area contributed by atoms with E-state index in [1.807, 2.05) is 17.0 Å². The fourth-order valence-electron chi connectivity index (χ4n) is 5.61. The number of nitrogens with one attached hydrogen (secondary N) is 2. The summed E-state index contributed by atoms with van der Waals surface area (Å²) in [5.74, 6) is 0.528. The van der Waals surface area contributed by atoms with Crippen molar-refractivity contribution in [2.75, 3.05) is 39.5 Å². The first kappa shape index (κ1) is 26.5. The number of ether oxygens (including phenoxy) is 2. The second-order valence-electron chi connectivity index (χ2n) is 10.5. The smallest absolute Gasteiger partial charge is 0.260 e. The summed E-state index contributed by atoms with van der Waals surface area (Å²) < 4.78 is 11.7. The monoisotopic (exact) mass is 499 g/mol. The quantitative estimate of drug-likeness (QED) is 0.667. The highest BCUT2D eigenvalue weighted by Gasteiger charge is 2.42. The van der Waals surface area contributed by atoms with Gasteiger partial charge in [0.05, 0.1) is 5.41 Å². The van der Waals surface area contributed by atoms with E-state index in [2.05, 4.69) is 16.7 Å². The van der Waals surface area contributed by atoms with Crippen LogP contribution in [-0.2, 0) is 32.0 Å². The molecule has 1 aromatic rings. The second kappa shape index (κ2) is 12.6. The molecule has 8 heteroatoms. The number of carbonyl (C=O) groups is 3. The minimum atomic E-state index is -0.594. The lowest BCUT2D eigenvalue weighted by atomic mass is 9.73. The first-order chi connectivity index (χ1) is 17.5. The zero-order chi connectivity index (χ0) is 25.4. The molecule has 1 spiro atoms. The number of fused-ring (bicyclic) bond motifs is 1. The van der Waals surface area contributed by atoms with Crippen LogP contribution in [0.25, 0.3) is 0 Å². The fraction of sp³-hybridized carbons (Fsp3) is 0.679. The molecule has 2 fully saturated rings. The van der Waals surface area contributed by atoms with Gasteiger partial charge in [-0.05, 0) is 81.9 Å². The van der Waals surface area contributed by atoms with Gasteiger partial charge in [0, 0.05) is 32.8 Å². The van der Waals surface area contributed by atoms with Gasteiger partial charge in [0.1, 0.15) is 11.8 Å². The molecule has 1 atom stereocenters. The van der Waals surface area contributed by atoms with Gasteiger partial charge < -0.3 is 25.0 Å². The van der Waals surface area contributed by atoms with Gasteiger partial charge in [0.2, 0.25) is 11.8 Å². The SMILES string of the molecule is C[C@@H]1NC(=O)C2(CCCCOCCCNC1=O)CCN(C(=O)COc1cccc3c1CCCC3)CC2. The van der Waals surface area contributed by atoms with Gasteiger partial charge >= 0.3 is 0 Å². The highest BCUT2D eigenvalue weighted by Crippen LogP contribution is 2.37. The molecule has 1 aromatic carbocycles. The summed E-state index contributed by atoms with van der Waals surface area (Å²) in [6, 6.07) is 5.53. The van der Waals surface area contributed by atoms with Gasteiger partial charge in [-0.15, -0.1) is 0 Å². The molecule has 2 N–H and O–H groups in total. The van der Waals surface area contributed by atoms with Gasteiger partial charge in [-0.2, -0.15) is 0 Å². The third kappa shape index (κ3) is 6.58. The number of aryl methyl sites for hydroxylation is 1. The number of benzene rings is 1. The molecule has 0 unspecified atom stereocenters. The molecule has 0 radical (unpaired) electrons. The molecule has 3 amide bonds. The third-order valence-electron chi connectivity index (χ3n) is 7.96. The number of carbonyl (C=O) groups excluding carboxylic acids is 3. The van der Waals surface area contributed by atoms with Gasteiger partial charge in [0.15, 0.2) is 6.61 Å². The van der Waals surface area contributed by atoms with Crippen LogP contribution in [0.4, 0.5) is 0 Å². The summed E-state index contributed by atoms with van der Waals surface area (Å²) >= 11 is 0. The Morgan fingerprint density at radius 2 is 1.83 bits per heavy atom. The predicted molar refractivity (Wildman–Crippen MR) is 137 cm³/mol. The molecule has 8 nitrogen and oxygen atoms in total. The van der Waals surface area contributed by atoms with Crippen LogP contribution in [0.5, 0.6) is 5.75 Å². The van der Waals surface area contributed by atoms with Crippen molar-refractivity contribution < 1.29 is 23.9 Å². The molecule has 36 heavy (non-hydrogen) atoms. The standard InChI is InChI=1S/C28H41N3O5/c1-21-26(33)29-15-7-19-35-18-5-4-12-28(27(34)30-21)13-16-31(17-14-28)25(32)20-36-24-11-6-9-22-8-2-3-10-23(22)24/h6,9,11,21H,2-5,7-8,10,12-20H2,1H3,(H,29,33)(H,30,34)/t21-/m0/s1. The lowest BCUT2D eigenvalue weighted by Crippen LogP contribution is -2.54. The zero-order valence-corrected chi connectivity index (χ0v) is 21.6. The summed E-state index contributed by atoms with van der Waals surface area (Å²) in [6.45, 7) is 4.59. The first-order valence-electron chi connectivity index (χ1n) is 13.7. The number of likely N-dealkylation sites (tertiary alicyclic amines) is 1. The molecule has 4 rings (SSSR count). The van der Waals surface area contributed by atoms with Crippen LogP contribution in [-0.4, -0.2) is 68.1 Å². The molecule has 198 valence electrons. The van der Waals surface area contributed by atoms with Crippen LogP contribution in [0.3, 0.4) is 0 Å². The maximum Gasteiger partial charge on any atom is 0.260 e. The number of hydrogen-bond acceptors (Lipinski definition) is 5. The number of nitrogens with zero attached hydrogens (tertiary/aromatic N) is 1. The van der Waals surface area contributed by atoms with Crippen molar-refractivity contribution in [3.05, 3.63) is 29.3 Å². The van der Waals surface area contributed by atoms with Crippen LogP contribution in [0, 0.1) is 5.41 Å². The van der Waals surface area contributed by atoms with E-state index in [1.54, 1.807) is 6.92 Å². The average molecular weight is 500 g/mol. The molecule has 0 aromatic heterocycles. The minimum Gasteiger partial charge on any atom is -0.483 e. The van der Waals surface area contributed by atoms with Gasteiger partial charge in [-0.1, -0.05) is 18.6 Å². The average Bonchev–Trinajstić information content (AvgIpc) is 2.90. The highest BCUT2D eigenvalue weighted by molar-refractivity contribution is 5.90. The van der Waals surface area contributed by atoms with Crippen molar-refractivity contribution in [1.82, 2.24) is 15.5 Å². The van der Waals surface area contributed by atoms with Gasteiger partial charge in [-0.25, -0.2) is 0 Å². The Hall–Kier alpha value is -2.61. The van der Waals surface area contributed by atoms with Crippen molar-refractivity contribution in [3.63, 3.8) is 0 Å². The zero-order valence-electron chi connectivity index (χ0n) is 21.6. The van der Waals surface area contributed by atoms with Crippen molar-refractivity contribution in [2.24, 2.45) is 5.41 Å². The fourth-order valence-corrected chi connectivity index (χ4v) is 5.61. The molecule has 0 bridgehead atoms. The Bertz CT molecular complexity index is 926. The van der Waals surface area contributed by atoms with Crippen LogP contribution in [0.2, 0.25) is 0 Å². The Kier molecular flexibility index (Phi) is 9.24. The Labute approximate surface area is 214 Å². The number of amides is 3. The van der Waals surface area contributed by atoms with Crippen molar-refractivity contribution in [3.8, 4) is 5.75 Å². The maximum atomic E-state index is 13.4. The molecular weight excluding hydrogens is 458 g/mol. The Morgan fingerprint density at radius 1 is 1.06 bits per heavy atom. The number of hydrogen-bond donors (Lipinski definition) is 2. The molecule has 1 aliphatic carbocycles. The van der Waals surface area contributed by atoms with E-state index in [0.717, 1.165) is 50.7 Å². The molecule has 0 saturated carbocycles. The van der Waals surface area contributed by atoms with Crippen LogP contribution in [0.15, 0.2) is 18.2 Å². The summed E-state index contributed by atoms with van der Waals surface area (Å²) in [4.78, 5) is 40.6. The van der Waals surface area contributed by atoms with Gasteiger partial charge in [0.25, 0.3) is 5.91 Å². The van der Waals surface area contributed by atoms with E-state index in [-0.39, 0.29) is 24.3 Å². The summed E-state index contributed by atoms with van der Waals surface area (Å²) in [7, 11) is 0. The molecule has 2 heterocycles. The molecule has 2 aliphatic heterocycles. The van der Waals surface area contributed by atoms with Crippen molar-refractivity contribution in [1.29, 1.82) is 0 Å². The van der Waals surface area contributed by atoms with Gasteiger partial charge in [-0.3, -0.25) is 14.4 Å². The second-order valence-corrected chi connectivity index (χ2v) is 10.5. The predicted octanol–water partition coefficient (Wildman–Crippen LogP) is 2.76. The van der Waals surface area contributed by atoms with Crippen LogP contribution < -0.4 is 15.4 Å². The van der Waals surface area contributed by atoms with Crippen molar-refractivity contribution in [2.45, 2.75) is 77.2 Å². The Morgan fingerprint density at radius 3 is 2.67 bits per heavy atom. The van der Waals surface area contributed by atoms with E-state index in [4.69, 9.17) is 9.47 Å². The number of piperidine rings is 1. The van der Waals surface area contributed by atoms with Crippen LogP contribution in [0.1, 0.15) is 69.4 Å². The van der Waals surface area contributed by atoms with E-state index in [9.17, 15) is 14.4 Å². The summed E-state index contributed by atoms with van der Waals surface area (Å²) in [5, 5.41) is 5.82. The van der Waals surface area contributed by atoms with E-state index < -0.39 is 11.5 Å².